The molecular weight excluding hydrogens is 331 g/mol. The molecule has 134 valence electrons. The number of likely N-dealkylation sites (N-methyl/N-ethyl adjacent to an activating group) is 1. The number of halogens is 1. The van der Waals surface area contributed by atoms with E-state index in [1.54, 1.807) is 24.0 Å². The van der Waals surface area contributed by atoms with Crippen molar-refractivity contribution in [3.8, 4) is 11.5 Å². The molecule has 3 rings (SSSR count). The molecule has 1 heterocycles. The molecule has 0 bridgehead atoms. The van der Waals surface area contributed by atoms with E-state index in [0.717, 1.165) is 5.56 Å². The second-order valence-corrected chi connectivity index (χ2v) is 6.10. The molecule has 0 N–H and O–H groups in total. The van der Waals surface area contributed by atoms with Gasteiger partial charge in [-0.1, -0.05) is 36.4 Å². The summed E-state index contributed by atoms with van der Waals surface area (Å²) in [4.78, 5) is 18.9. The van der Waals surface area contributed by atoms with Gasteiger partial charge >= 0.3 is 0 Å². The number of rotatable bonds is 6. The molecule has 1 aromatic heterocycles. The van der Waals surface area contributed by atoms with Gasteiger partial charge in [0.05, 0.1) is 12.1 Å². The van der Waals surface area contributed by atoms with Crippen LogP contribution in [-0.4, -0.2) is 22.3 Å². The molecule has 0 saturated carbocycles. The van der Waals surface area contributed by atoms with E-state index in [9.17, 15) is 9.18 Å². The van der Waals surface area contributed by atoms with Gasteiger partial charge in [-0.2, -0.15) is 0 Å². The number of hydrogen-bond acceptors (Lipinski definition) is 3. The number of oxazole rings is 1. The molecule has 3 aromatic rings. The molecule has 4 nitrogen and oxygen atoms in total. The number of carbonyl (C=O) groups is 1. The van der Waals surface area contributed by atoms with Gasteiger partial charge in [0, 0.05) is 18.7 Å². The van der Waals surface area contributed by atoms with Crippen molar-refractivity contribution in [1.82, 2.24) is 9.88 Å². The molecule has 26 heavy (non-hydrogen) atoms. The molecule has 2 aromatic carbocycles. The fourth-order valence-corrected chi connectivity index (χ4v) is 2.77. The third kappa shape index (κ3) is 4.17. The lowest BCUT2D eigenvalue weighted by molar-refractivity contribution is -0.130. The molecule has 0 unspecified atom stereocenters. The molecule has 1 amide bonds. The van der Waals surface area contributed by atoms with Gasteiger partial charge in [-0.25, -0.2) is 9.37 Å². The summed E-state index contributed by atoms with van der Waals surface area (Å²) in [6.45, 7) is 4.89. The van der Waals surface area contributed by atoms with Gasteiger partial charge in [0.15, 0.2) is 0 Å². The third-order valence-electron chi connectivity index (χ3n) is 4.23. The summed E-state index contributed by atoms with van der Waals surface area (Å²) >= 11 is 0. The Morgan fingerprint density at radius 2 is 1.92 bits per heavy atom. The van der Waals surface area contributed by atoms with E-state index < -0.39 is 0 Å². The summed E-state index contributed by atoms with van der Waals surface area (Å²) in [5.41, 5.74) is 2.23. The van der Waals surface area contributed by atoms with Gasteiger partial charge in [0.1, 0.15) is 11.6 Å². The van der Waals surface area contributed by atoms with Gasteiger partial charge in [0.25, 0.3) is 0 Å². The number of hydrogen-bond donors (Lipinski definition) is 0. The Bertz CT molecular complexity index is 890. The highest BCUT2D eigenvalue weighted by Crippen LogP contribution is 2.23. The van der Waals surface area contributed by atoms with E-state index in [4.69, 9.17) is 4.42 Å². The maximum absolute atomic E-state index is 13.4. The molecule has 0 spiro atoms. The quantitative estimate of drug-likeness (QED) is 0.661. The Morgan fingerprint density at radius 3 is 2.62 bits per heavy atom. The first kappa shape index (κ1) is 17.9. The minimum Gasteiger partial charge on any atom is -0.441 e. The minimum atomic E-state index is -0.351. The maximum atomic E-state index is 13.4. The number of benzene rings is 2. The molecule has 0 aliphatic carbocycles. The first-order valence-corrected chi connectivity index (χ1v) is 8.60. The molecule has 0 saturated heterocycles. The zero-order chi connectivity index (χ0) is 18.5. The van der Waals surface area contributed by atoms with Crippen molar-refractivity contribution in [3.63, 3.8) is 0 Å². The second kappa shape index (κ2) is 7.95. The van der Waals surface area contributed by atoms with Crippen molar-refractivity contribution in [1.29, 1.82) is 0 Å². The average molecular weight is 352 g/mol. The maximum Gasteiger partial charge on any atom is 0.229 e. The summed E-state index contributed by atoms with van der Waals surface area (Å²) in [5.74, 6) is 0.541. The number of amides is 1. The average Bonchev–Trinajstić information content (AvgIpc) is 3.01. The van der Waals surface area contributed by atoms with Crippen LogP contribution in [-0.2, 0) is 17.8 Å². The normalized spacial score (nSPS) is 10.7. The first-order valence-electron chi connectivity index (χ1n) is 8.60. The Balaban J connectivity index is 1.74. The van der Waals surface area contributed by atoms with E-state index in [1.807, 2.05) is 37.3 Å². The van der Waals surface area contributed by atoms with E-state index in [1.165, 1.54) is 12.1 Å². The van der Waals surface area contributed by atoms with Crippen LogP contribution in [0.15, 0.2) is 59.0 Å². The van der Waals surface area contributed by atoms with E-state index in [0.29, 0.717) is 36.0 Å². The highest BCUT2D eigenvalue weighted by atomic mass is 19.1. The van der Waals surface area contributed by atoms with E-state index in [-0.39, 0.29) is 18.1 Å². The molecule has 0 fully saturated rings. The minimum absolute atomic E-state index is 0.0152. The largest absolute Gasteiger partial charge is 0.441 e. The molecule has 0 atom stereocenters. The van der Waals surface area contributed by atoms with Crippen molar-refractivity contribution in [3.05, 3.63) is 77.4 Å². The van der Waals surface area contributed by atoms with Crippen LogP contribution in [0, 0.1) is 12.7 Å². The topological polar surface area (TPSA) is 46.3 Å². The van der Waals surface area contributed by atoms with Gasteiger partial charge in [-0.15, -0.1) is 0 Å². The van der Waals surface area contributed by atoms with E-state index in [2.05, 4.69) is 4.98 Å². The van der Waals surface area contributed by atoms with Crippen LogP contribution in [0.4, 0.5) is 4.39 Å². The first-order chi connectivity index (χ1) is 12.6. The van der Waals surface area contributed by atoms with Crippen molar-refractivity contribution in [2.24, 2.45) is 0 Å². The highest BCUT2D eigenvalue weighted by Gasteiger charge is 2.18. The van der Waals surface area contributed by atoms with Crippen molar-refractivity contribution in [2.75, 3.05) is 6.54 Å². The smallest absolute Gasteiger partial charge is 0.229 e. The van der Waals surface area contributed by atoms with Crippen LogP contribution in [0.2, 0.25) is 0 Å². The van der Waals surface area contributed by atoms with Crippen LogP contribution in [0.1, 0.15) is 23.9 Å². The molecule has 0 aliphatic heterocycles. The van der Waals surface area contributed by atoms with Gasteiger partial charge < -0.3 is 9.32 Å². The monoisotopic (exact) mass is 352 g/mol. The van der Waals surface area contributed by atoms with Crippen LogP contribution >= 0.6 is 0 Å². The lowest BCUT2D eigenvalue weighted by atomic mass is 10.2. The predicted octanol–water partition coefficient (Wildman–Crippen LogP) is 4.38. The number of carbonyl (C=O) groups excluding carboxylic acids is 1. The summed E-state index contributed by atoms with van der Waals surface area (Å²) < 4.78 is 19.0. The van der Waals surface area contributed by atoms with Crippen molar-refractivity contribution < 1.29 is 13.6 Å². The number of nitrogens with zero attached hydrogens (tertiary/aromatic N) is 2. The number of aryl methyl sites for hydroxylation is 1. The van der Waals surface area contributed by atoms with Crippen LogP contribution in [0.25, 0.3) is 11.5 Å². The Hall–Kier alpha value is -2.95. The highest BCUT2D eigenvalue weighted by molar-refractivity contribution is 5.78. The van der Waals surface area contributed by atoms with Crippen LogP contribution in [0.3, 0.4) is 0 Å². The predicted molar refractivity (Wildman–Crippen MR) is 97.9 cm³/mol. The fraction of sp³-hybridized carbons (Fsp3) is 0.238. The molecular formula is C21H21FN2O2. The SMILES string of the molecule is CCN(Cc1ccccc1)C(=O)Cc1nc(-c2cccc(F)c2)oc1C. The third-order valence-corrected chi connectivity index (χ3v) is 4.23. The summed E-state index contributed by atoms with van der Waals surface area (Å²) in [7, 11) is 0. The molecule has 0 radical (unpaired) electrons. The van der Waals surface area contributed by atoms with Crippen LogP contribution < -0.4 is 0 Å². The number of aromatic nitrogens is 1. The molecule has 5 heteroatoms. The molecule has 0 aliphatic rings. The van der Waals surface area contributed by atoms with Crippen molar-refractivity contribution >= 4 is 5.91 Å². The Kier molecular flexibility index (Phi) is 5.46. The standard InChI is InChI=1S/C21H21FN2O2/c1-3-24(14-16-8-5-4-6-9-16)20(25)13-19-15(2)26-21(23-19)17-10-7-11-18(22)12-17/h4-12H,3,13-14H2,1-2H3. The Morgan fingerprint density at radius 1 is 1.15 bits per heavy atom. The lowest BCUT2D eigenvalue weighted by Crippen LogP contribution is -2.31. The Labute approximate surface area is 152 Å². The van der Waals surface area contributed by atoms with Gasteiger partial charge in [-0.3, -0.25) is 4.79 Å². The van der Waals surface area contributed by atoms with Crippen molar-refractivity contribution in [2.45, 2.75) is 26.8 Å². The lowest BCUT2D eigenvalue weighted by Gasteiger charge is -2.20. The fourth-order valence-electron chi connectivity index (χ4n) is 2.77. The van der Waals surface area contributed by atoms with Gasteiger partial charge in [-0.05, 0) is 37.6 Å². The van der Waals surface area contributed by atoms with E-state index >= 15 is 0 Å². The van der Waals surface area contributed by atoms with Crippen LogP contribution in [0.5, 0.6) is 0 Å². The summed E-state index contributed by atoms with van der Waals surface area (Å²) in [5, 5.41) is 0. The summed E-state index contributed by atoms with van der Waals surface area (Å²) in [6, 6.07) is 15.9. The zero-order valence-corrected chi connectivity index (χ0v) is 14.9. The zero-order valence-electron chi connectivity index (χ0n) is 14.9. The van der Waals surface area contributed by atoms with Gasteiger partial charge in [0.2, 0.25) is 11.8 Å². The summed E-state index contributed by atoms with van der Waals surface area (Å²) in [6.07, 6.45) is 0.158. The second-order valence-electron chi connectivity index (χ2n) is 6.10.